The summed E-state index contributed by atoms with van der Waals surface area (Å²) in [5.41, 5.74) is 3.17. The lowest BCUT2D eigenvalue weighted by molar-refractivity contribution is -0.122. The van der Waals surface area contributed by atoms with Crippen molar-refractivity contribution in [2.24, 2.45) is 0 Å². The third-order valence-corrected chi connectivity index (χ3v) is 3.46. The molecule has 3 heteroatoms. The van der Waals surface area contributed by atoms with Gasteiger partial charge in [0.15, 0.2) is 6.10 Å². The summed E-state index contributed by atoms with van der Waals surface area (Å²) in [7, 11) is 0. The normalized spacial score (nSPS) is 11.8. The molecule has 110 valence electrons. The molecule has 0 radical (unpaired) electrons. The Hall–Kier alpha value is -2.29. The minimum atomic E-state index is -0.492. The van der Waals surface area contributed by atoms with E-state index in [1.54, 1.807) is 0 Å². The number of carbonyl (C=O) groups excluding carboxylic acids is 1. The molecule has 0 spiro atoms. The molecular formula is C18H21NO2. The molecule has 0 aromatic heterocycles. The first-order valence-corrected chi connectivity index (χ1v) is 7.20. The molecule has 2 aromatic rings. The quantitative estimate of drug-likeness (QED) is 0.897. The van der Waals surface area contributed by atoms with E-state index in [2.05, 4.69) is 5.32 Å². The van der Waals surface area contributed by atoms with Crippen molar-refractivity contribution in [3.05, 3.63) is 59.7 Å². The fraction of sp³-hybridized carbons (Fsp3) is 0.278. The van der Waals surface area contributed by atoms with Crippen LogP contribution in [0.15, 0.2) is 48.5 Å². The van der Waals surface area contributed by atoms with Gasteiger partial charge in [-0.25, -0.2) is 0 Å². The van der Waals surface area contributed by atoms with E-state index in [9.17, 15) is 4.79 Å². The highest BCUT2D eigenvalue weighted by molar-refractivity contribution is 5.94. The Labute approximate surface area is 126 Å². The lowest BCUT2D eigenvalue weighted by Crippen LogP contribution is -2.32. The molecule has 0 aliphatic rings. The molecule has 0 heterocycles. The van der Waals surface area contributed by atoms with Crippen LogP contribution in [0.3, 0.4) is 0 Å². The number of amides is 1. The van der Waals surface area contributed by atoms with Crippen LogP contribution in [0.5, 0.6) is 5.75 Å². The van der Waals surface area contributed by atoms with Gasteiger partial charge in [0, 0.05) is 5.69 Å². The van der Waals surface area contributed by atoms with Gasteiger partial charge in [0.2, 0.25) is 0 Å². The maximum atomic E-state index is 12.3. The topological polar surface area (TPSA) is 38.3 Å². The largest absolute Gasteiger partial charge is 0.481 e. The van der Waals surface area contributed by atoms with Crippen LogP contribution in [0, 0.1) is 13.8 Å². The van der Waals surface area contributed by atoms with Crippen molar-refractivity contribution in [2.75, 3.05) is 5.32 Å². The molecule has 1 atom stereocenters. The summed E-state index contributed by atoms with van der Waals surface area (Å²) in [6.45, 7) is 6.02. The number of rotatable bonds is 5. The van der Waals surface area contributed by atoms with Gasteiger partial charge in [0.25, 0.3) is 5.91 Å². The van der Waals surface area contributed by atoms with Crippen LogP contribution in [-0.4, -0.2) is 12.0 Å². The van der Waals surface area contributed by atoms with Crippen molar-refractivity contribution >= 4 is 11.6 Å². The summed E-state index contributed by atoms with van der Waals surface area (Å²) in [4.78, 5) is 12.3. The Balaban J connectivity index is 2.04. The molecule has 1 amide bonds. The molecule has 21 heavy (non-hydrogen) atoms. The zero-order valence-electron chi connectivity index (χ0n) is 12.7. The Morgan fingerprint density at radius 2 is 1.81 bits per heavy atom. The monoisotopic (exact) mass is 283 g/mol. The van der Waals surface area contributed by atoms with Gasteiger partial charge in [-0.15, -0.1) is 0 Å². The summed E-state index contributed by atoms with van der Waals surface area (Å²) in [5.74, 6) is 0.587. The highest BCUT2D eigenvalue weighted by Crippen LogP contribution is 2.17. The van der Waals surface area contributed by atoms with Crippen LogP contribution in [0.4, 0.5) is 5.69 Å². The van der Waals surface area contributed by atoms with Crippen LogP contribution in [0.2, 0.25) is 0 Å². The lowest BCUT2D eigenvalue weighted by atomic mass is 10.1. The summed E-state index contributed by atoms with van der Waals surface area (Å²) in [6.07, 6.45) is 0.125. The molecule has 0 saturated heterocycles. The molecule has 0 aliphatic heterocycles. The number of hydrogen-bond acceptors (Lipinski definition) is 2. The Morgan fingerprint density at radius 3 is 2.43 bits per heavy atom. The van der Waals surface area contributed by atoms with Crippen molar-refractivity contribution < 1.29 is 9.53 Å². The van der Waals surface area contributed by atoms with Crippen molar-refractivity contribution in [2.45, 2.75) is 33.3 Å². The van der Waals surface area contributed by atoms with Crippen molar-refractivity contribution in [3.63, 3.8) is 0 Å². The second kappa shape index (κ2) is 6.93. The molecule has 0 fully saturated rings. The fourth-order valence-corrected chi connectivity index (χ4v) is 2.03. The van der Waals surface area contributed by atoms with Gasteiger partial charge in [0.1, 0.15) is 5.75 Å². The van der Waals surface area contributed by atoms with E-state index in [0.29, 0.717) is 12.2 Å². The number of benzene rings is 2. The standard InChI is InChI=1S/C18H21NO2/c1-4-17(21-16-8-6-5-7-9-16)18(20)19-15-11-10-13(2)14(3)12-15/h5-12,17H,4H2,1-3H3,(H,19,20)/t17-/m0/s1. The Kier molecular flexibility index (Phi) is 4.99. The summed E-state index contributed by atoms with van der Waals surface area (Å²) in [6, 6.07) is 15.3. The molecule has 0 saturated carbocycles. The minimum absolute atomic E-state index is 0.121. The van der Waals surface area contributed by atoms with Gasteiger partial charge < -0.3 is 10.1 Å². The predicted molar refractivity (Wildman–Crippen MR) is 85.7 cm³/mol. The average Bonchev–Trinajstić information content (AvgIpc) is 2.49. The van der Waals surface area contributed by atoms with Crippen LogP contribution in [0.1, 0.15) is 24.5 Å². The zero-order valence-corrected chi connectivity index (χ0v) is 12.7. The van der Waals surface area contributed by atoms with E-state index in [-0.39, 0.29) is 5.91 Å². The van der Waals surface area contributed by atoms with Crippen molar-refractivity contribution in [1.29, 1.82) is 0 Å². The molecule has 0 aliphatic carbocycles. The second-order valence-corrected chi connectivity index (χ2v) is 5.12. The lowest BCUT2D eigenvalue weighted by Gasteiger charge is -2.17. The number of nitrogens with one attached hydrogen (secondary N) is 1. The first-order valence-electron chi connectivity index (χ1n) is 7.20. The van der Waals surface area contributed by atoms with Gasteiger partial charge in [0.05, 0.1) is 0 Å². The van der Waals surface area contributed by atoms with Gasteiger partial charge in [-0.2, -0.15) is 0 Å². The van der Waals surface area contributed by atoms with E-state index >= 15 is 0 Å². The van der Waals surface area contributed by atoms with Crippen LogP contribution >= 0.6 is 0 Å². The molecule has 2 aromatic carbocycles. The summed E-state index contributed by atoms with van der Waals surface area (Å²) in [5, 5.41) is 2.92. The van der Waals surface area contributed by atoms with Crippen LogP contribution < -0.4 is 10.1 Å². The van der Waals surface area contributed by atoms with Gasteiger partial charge in [-0.1, -0.05) is 31.2 Å². The van der Waals surface area contributed by atoms with Crippen LogP contribution in [-0.2, 0) is 4.79 Å². The van der Waals surface area contributed by atoms with Crippen molar-refractivity contribution in [1.82, 2.24) is 0 Å². The molecular weight excluding hydrogens is 262 g/mol. The average molecular weight is 283 g/mol. The number of para-hydroxylation sites is 1. The van der Waals surface area contributed by atoms with E-state index in [1.165, 1.54) is 5.56 Å². The molecule has 1 N–H and O–H groups in total. The smallest absolute Gasteiger partial charge is 0.265 e. The number of anilines is 1. The van der Waals surface area contributed by atoms with E-state index < -0.39 is 6.10 Å². The maximum absolute atomic E-state index is 12.3. The van der Waals surface area contributed by atoms with Gasteiger partial charge in [-0.05, 0) is 55.7 Å². The summed E-state index contributed by atoms with van der Waals surface area (Å²) >= 11 is 0. The van der Waals surface area contributed by atoms with E-state index in [0.717, 1.165) is 11.3 Å². The van der Waals surface area contributed by atoms with E-state index in [1.807, 2.05) is 69.3 Å². The molecule has 0 unspecified atom stereocenters. The van der Waals surface area contributed by atoms with E-state index in [4.69, 9.17) is 4.74 Å². The predicted octanol–water partition coefficient (Wildman–Crippen LogP) is 4.10. The Bertz CT molecular complexity index is 608. The SMILES string of the molecule is CC[C@H](Oc1ccccc1)C(=O)Nc1ccc(C)c(C)c1. The van der Waals surface area contributed by atoms with Crippen LogP contribution in [0.25, 0.3) is 0 Å². The Morgan fingerprint density at radius 1 is 1.10 bits per heavy atom. The number of aryl methyl sites for hydroxylation is 2. The molecule has 3 nitrogen and oxygen atoms in total. The third kappa shape index (κ3) is 4.09. The highest BCUT2D eigenvalue weighted by Gasteiger charge is 2.18. The fourth-order valence-electron chi connectivity index (χ4n) is 2.03. The first-order chi connectivity index (χ1) is 10.1. The summed E-state index contributed by atoms with van der Waals surface area (Å²) < 4.78 is 5.74. The maximum Gasteiger partial charge on any atom is 0.265 e. The zero-order chi connectivity index (χ0) is 15.2. The molecule has 0 bridgehead atoms. The third-order valence-electron chi connectivity index (χ3n) is 3.46. The number of ether oxygens (including phenoxy) is 1. The second-order valence-electron chi connectivity index (χ2n) is 5.12. The number of hydrogen-bond donors (Lipinski definition) is 1. The van der Waals surface area contributed by atoms with Gasteiger partial charge in [-0.3, -0.25) is 4.79 Å². The van der Waals surface area contributed by atoms with Crippen molar-refractivity contribution in [3.8, 4) is 5.75 Å². The molecule has 2 rings (SSSR count). The highest BCUT2D eigenvalue weighted by atomic mass is 16.5. The number of carbonyl (C=O) groups is 1. The minimum Gasteiger partial charge on any atom is -0.481 e. The van der Waals surface area contributed by atoms with Gasteiger partial charge >= 0.3 is 0 Å². The first kappa shape index (κ1) is 15.1.